The Bertz CT molecular complexity index is 1170. The number of nitrogens with zero attached hydrogens (tertiary/aromatic N) is 5. The third-order valence-corrected chi connectivity index (χ3v) is 5.38. The van der Waals surface area contributed by atoms with Crippen molar-refractivity contribution >= 4 is 28.8 Å². The molecule has 0 amide bonds. The Morgan fingerprint density at radius 2 is 1.81 bits per heavy atom. The molecule has 0 bridgehead atoms. The first-order valence-corrected chi connectivity index (χ1v) is 10.0. The summed E-state index contributed by atoms with van der Waals surface area (Å²) < 4.78 is 39.2. The van der Waals surface area contributed by atoms with Crippen LogP contribution in [0.25, 0.3) is 16.6 Å². The van der Waals surface area contributed by atoms with Gasteiger partial charge in [-0.2, -0.15) is 20.2 Å². The largest absolute Gasteiger partial charge is 0.481 e. The van der Waals surface area contributed by atoms with Gasteiger partial charge in [-0.1, -0.05) is 12.1 Å². The minimum atomic E-state index is -2.58. The molecular weight excluding hydrogens is 428 g/mol. The molecule has 3 heterocycles. The van der Waals surface area contributed by atoms with Crippen molar-refractivity contribution in [2.75, 3.05) is 18.9 Å². The van der Waals surface area contributed by atoms with E-state index in [9.17, 15) is 8.78 Å². The van der Waals surface area contributed by atoms with E-state index in [0.717, 1.165) is 27.0 Å². The number of rotatable bonds is 8. The van der Waals surface area contributed by atoms with E-state index < -0.39 is 12.8 Å². The zero-order chi connectivity index (χ0) is 22.0. The summed E-state index contributed by atoms with van der Waals surface area (Å²) in [6.07, 6.45) is 1.94. The lowest BCUT2D eigenvalue weighted by molar-refractivity contribution is 0.146. The van der Waals surface area contributed by atoms with Crippen LogP contribution in [0.5, 0.6) is 11.8 Å². The van der Waals surface area contributed by atoms with E-state index in [0.29, 0.717) is 0 Å². The van der Waals surface area contributed by atoms with Gasteiger partial charge in [0.1, 0.15) is 5.69 Å². The number of hydrogen-bond acceptors (Lipinski definition) is 8. The molecule has 162 valence electrons. The second kappa shape index (κ2) is 8.76. The zero-order valence-corrected chi connectivity index (χ0v) is 17.7. The van der Waals surface area contributed by atoms with E-state index in [2.05, 4.69) is 29.9 Å². The smallest absolute Gasteiger partial charge is 0.243 e. The highest BCUT2D eigenvalue weighted by Gasteiger charge is 2.20. The number of methoxy groups -OCH3 is 2. The van der Waals surface area contributed by atoms with Crippen LogP contribution in [0.1, 0.15) is 11.1 Å². The molecular formula is C19H19F2N7O2S. The Labute approximate surface area is 180 Å². The number of anilines is 1. The number of benzene rings is 1. The molecule has 4 rings (SSSR count). The molecule has 1 aromatic carbocycles. The summed E-state index contributed by atoms with van der Waals surface area (Å²) in [7, 11) is 2.72. The lowest BCUT2D eigenvalue weighted by Crippen LogP contribution is -2.08. The van der Waals surface area contributed by atoms with E-state index in [1.54, 1.807) is 17.2 Å². The lowest BCUT2D eigenvalue weighted by atomic mass is 10.1. The third kappa shape index (κ3) is 4.10. The number of ether oxygens (including phenoxy) is 2. The molecule has 0 aliphatic heterocycles. The summed E-state index contributed by atoms with van der Waals surface area (Å²) in [5.74, 6) is 0.251. The van der Waals surface area contributed by atoms with Gasteiger partial charge in [0.15, 0.2) is 0 Å². The number of fused-ring (bicyclic) bond motifs is 1. The number of hydrogen-bond donors (Lipinski definition) is 2. The Kier molecular flexibility index (Phi) is 5.89. The third-order valence-electron chi connectivity index (χ3n) is 4.54. The van der Waals surface area contributed by atoms with Gasteiger partial charge in [-0.05, 0) is 24.4 Å². The molecule has 31 heavy (non-hydrogen) atoms. The van der Waals surface area contributed by atoms with E-state index >= 15 is 0 Å². The molecule has 0 aliphatic rings. The maximum atomic E-state index is 12.9. The second-order valence-corrected chi connectivity index (χ2v) is 7.32. The maximum absolute atomic E-state index is 12.9. The molecule has 0 radical (unpaired) electrons. The number of aromatic amines is 1. The van der Waals surface area contributed by atoms with Crippen LogP contribution in [-0.4, -0.2) is 50.6 Å². The Hall–Kier alpha value is -3.41. The number of aromatic nitrogens is 6. The van der Waals surface area contributed by atoms with E-state index in [1.165, 1.54) is 26.2 Å². The van der Waals surface area contributed by atoms with Crippen LogP contribution in [0.4, 0.5) is 14.7 Å². The summed E-state index contributed by atoms with van der Waals surface area (Å²) in [6, 6.07) is 3.98. The standard InChI is InChI=1S/C19H19F2N7O2S/c1-10-4-5-11-13(9-22-15(11)16(10)28-23-6-7-24-28)31-27-19-25-17(29-2)12(8-14(20)21)18(26-19)30-3/h4-7,9,14,22H,8H2,1-3H3,(H,25,26,27). The first kappa shape index (κ1) is 20.8. The monoisotopic (exact) mass is 447 g/mol. The molecule has 0 saturated heterocycles. The fourth-order valence-corrected chi connectivity index (χ4v) is 3.88. The zero-order valence-electron chi connectivity index (χ0n) is 16.9. The molecule has 0 saturated carbocycles. The summed E-state index contributed by atoms with van der Waals surface area (Å²) in [5.41, 5.74) is 2.87. The fraction of sp³-hybridized carbons (Fsp3) is 0.263. The van der Waals surface area contributed by atoms with Crippen molar-refractivity contribution in [1.82, 2.24) is 29.9 Å². The van der Waals surface area contributed by atoms with Crippen molar-refractivity contribution in [3.63, 3.8) is 0 Å². The topological polar surface area (TPSA) is 103 Å². The molecule has 0 fully saturated rings. The Balaban J connectivity index is 1.63. The Morgan fingerprint density at radius 1 is 1.13 bits per heavy atom. The molecule has 0 unspecified atom stereocenters. The average molecular weight is 447 g/mol. The summed E-state index contributed by atoms with van der Waals surface area (Å²) in [4.78, 5) is 14.1. The minimum absolute atomic E-state index is 0.0387. The summed E-state index contributed by atoms with van der Waals surface area (Å²) >= 11 is 1.26. The number of halogens is 2. The van der Waals surface area contributed by atoms with Crippen LogP contribution < -0.4 is 14.2 Å². The predicted octanol–water partition coefficient (Wildman–Crippen LogP) is 3.79. The molecule has 0 aliphatic carbocycles. The van der Waals surface area contributed by atoms with Gasteiger partial charge in [-0.3, -0.25) is 4.72 Å². The second-order valence-electron chi connectivity index (χ2n) is 6.47. The molecule has 9 nitrogen and oxygen atoms in total. The van der Waals surface area contributed by atoms with Gasteiger partial charge < -0.3 is 14.5 Å². The molecule has 2 N–H and O–H groups in total. The number of alkyl halides is 2. The van der Waals surface area contributed by atoms with E-state index in [-0.39, 0.29) is 23.3 Å². The van der Waals surface area contributed by atoms with Crippen LogP contribution in [0, 0.1) is 6.92 Å². The van der Waals surface area contributed by atoms with Crippen LogP contribution in [0.15, 0.2) is 35.6 Å². The van der Waals surface area contributed by atoms with Crippen molar-refractivity contribution in [1.29, 1.82) is 0 Å². The van der Waals surface area contributed by atoms with Gasteiger partial charge in [0.2, 0.25) is 24.1 Å². The van der Waals surface area contributed by atoms with Gasteiger partial charge in [0.05, 0.1) is 42.6 Å². The molecule has 12 heteroatoms. The minimum Gasteiger partial charge on any atom is -0.481 e. The summed E-state index contributed by atoms with van der Waals surface area (Å²) in [5, 5.41) is 9.41. The van der Waals surface area contributed by atoms with Gasteiger partial charge in [-0.25, -0.2) is 8.78 Å². The van der Waals surface area contributed by atoms with Crippen molar-refractivity contribution in [3.8, 4) is 17.4 Å². The summed E-state index contributed by atoms with van der Waals surface area (Å²) in [6.45, 7) is 1.98. The van der Waals surface area contributed by atoms with Gasteiger partial charge in [0, 0.05) is 18.0 Å². The number of H-pyrrole nitrogens is 1. The number of nitrogens with one attached hydrogen (secondary N) is 2. The SMILES string of the molecule is COc1nc(NSc2c[nH]c3c(-n4nccn4)c(C)ccc23)nc(OC)c1CC(F)F. The van der Waals surface area contributed by atoms with Gasteiger partial charge >= 0.3 is 0 Å². The first-order chi connectivity index (χ1) is 15.0. The van der Waals surface area contributed by atoms with Crippen molar-refractivity contribution < 1.29 is 18.3 Å². The highest BCUT2D eigenvalue weighted by molar-refractivity contribution is 8.00. The average Bonchev–Trinajstić information content (AvgIpc) is 3.42. The van der Waals surface area contributed by atoms with Crippen LogP contribution in [-0.2, 0) is 6.42 Å². The molecule has 4 aromatic rings. The molecule has 0 atom stereocenters. The van der Waals surface area contributed by atoms with E-state index in [4.69, 9.17) is 9.47 Å². The van der Waals surface area contributed by atoms with Crippen molar-refractivity contribution in [3.05, 3.63) is 41.9 Å². The Morgan fingerprint density at radius 3 is 2.42 bits per heavy atom. The van der Waals surface area contributed by atoms with Crippen molar-refractivity contribution in [2.24, 2.45) is 0 Å². The van der Waals surface area contributed by atoms with Gasteiger partial charge in [-0.15, -0.1) is 4.80 Å². The van der Waals surface area contributed by atoms with Crippen LogP contribution in [0.2, 0.25) is 0 Å². The maximum Gasteiger partial charge on any atom is 0.243 e. The highest BCUT2D eigenvalue weighted by Crippen LogP contribution is 2.34. The first-order valence-electron chi connectivity index (χ1n) is 9.19. The molecule has 3 aromatic heterocycles. The predicted molar refractivity (Wildman–Crippen MR) is 112 cm³/mol. The quantitative estimate of drug-likeness (QED) is 0.393. The van der Waals surface area contributed by atoms with Gasteiger partial charge in [0.25, 0.3) is 0 Å². The lowest BCUT2D eigenvalue weighted by Gasteiger charge is -2.13. The molecule has 0 spiro atoms. The van der Waals surface area contributed by atoms with E-state index in [1.807, 2.05) is 25.3 Å². The van der Waals surface area contributed by atoms with Crippen molar-refractivity contribution in [2.45, 2.75) is 24.7 Å². The van der Waals surface area contributed by atoms with Crippen LogP contribution in [0.3, 0.4) is 0 Å². The normalized spacial score (nSPS) is 11.3. The highest BCUT2D eigenvalue weighted by atomic mass is 32.2. The van der Waals surface area contributed by atoms with Crippen LogP contribution >= 0.6 is 11.9 Å². The number of aryl methyl sites for hydroxylation is 1. The fourth-order valence-electron chi connectivity index (χ4n) is 3.19.